The third-order valence-corrected chi connectivity index (χ3v) is 15.3. The van der Waals surface area contributed by atoms with E-state index in [2.05, 4.69) is 121 Å². The van der Waals surface area contributed by atoms with Crippen molar-refractivity contribution in [2.45, 2.75) is 6.42 Å². The molecule has 0 heterocycles. The minimum Gasteiger partial charge on any atom is -0.0620 e. The molecule has 0 aliphatic rings. The second-order valence-electron chi connectivity index (χ2n) is 7.58. The average molecular weight is 542 g/mol. The Kier molecular flexibility index (Phi) is 9.37. The molecule has 0 bridgehead atoms. The van der Waals surface area contributed by atoms with Gasteiger partial charge in [0.15, 0.2) is 13.2 Å². The van der Waals surface area contributed by atoms with Crippen LogP contribution in [-0.2, 0) is 16.5 Å². The molecule has 32 heavy (non-hydrogen) atoms. The average Bonchev–Trinajstić information content (AvgIpc) is 2.86. The summed E-state index contributed by atoms with van der Waals surface area (Å²) in [7, 11) is 0. The largest absolute Gasteiger partial charge is 0.178 e. The van der Waals surface area contributed by atoms with E-state index in [9.17, 15) is 0 Å². The first kappa shape index (κ1) is 25.4. The van der Waals surface area contributed by atoms with Crippen molar-refractivity contribution in [2.75, 3.05) is 12.3 Å². The van der Waals surface area contributed by atoms with Gasteiger partial charge in [0.05, 0.1) is 34.8 Å². The van der Waals surface area contributed by atoms with Crippen molar-refractivity contribution >= 4 is 56.9 Å². The van der Waals surface area contributed by atoms with Crippen molar-refractivity contribution in [3.8, 4) is 0 Å². The Morgan fingerprint density at radius 2 is 0.625 bits per heavy atom. The van der Waals surface area contributed by atoms with Crippen molar-refractivity contribution < 1.29 is 16.5 Å². The fourth-order valence-electron chi connectivity index (χ4n) is 3.98. The van der Waals surface area contributed by atoms with Gasteiger partial charge in [-0.15, -0.1) is 0 Å². The number of rotatable bonds is 8. The van der Waals surface area contributed by atoms with E-state index in [1.54, 1.807) is 0 Å². The van der Waals surface area contributed by atoms with Gasteiger partial charge in [-0.25, -0.2) is 0 Å². The second-order valence-corrected chi connectivity index (χ2v) is 16.9. The molecule has 0 unspecified atom stereocenters. The zero-order valence-corrected chi connectivity index (χ0v) is 21.9. The Bertz CT molecular complexity index is 910. The minimum atomic E-state index is -2.01. The molecule has 0 aliphatic heterocycles. The zero-order chi connectivity index (χ0) is 21.6. The number of benzene rings is 4. The molecule has 5 heteroatoms. The van der Waals surface area contributed by atoms with Crippen LogP contribution in [0.5, 0.6) is 0 Å². The van der Waals surface area contributed by atoms with Crippen molar-refractivity contribution in [3.05, 3.63) is 121 Å². The van der Waals surface area contributed by atoms with Crippen molar-refractivity contribution in [2.24, 2.45) is 0 Å². The third-order valence-electron chi connectivity index (χ3n) is 5.59. The van der Waals surface area contributed by atoms with Gasteiger partial charge in [-0.2, -0.15) is 0 Å². The molecule has 0 atom stereocenters. The molecule has 0 saturated carbocycles. The van der Waals surface area contributed by atoms with Gasteiger partial charge in [0.2, 0.25) is 0 Å². The van der Waals surface area contributed by atoms with Crippen molar-refractivity contribution in [1.82, 2.24) is 0 Å². The van der Waals surface area contributed by atoms with Crippen LogP contribution in [0.1, 0.15) is 6.42 Å². The van der Waals surface area contributed by atoms with Crippen LogP contribution in [0.2, 0.25) is 0 Å². The van der Waals surface area contributed by atoms with E-state index in [1.165, 1.54) is 21.2 Å². The second kappa shape index (κ2) is 11.8. The van der Waals surface area contributed by atoms with Crippen LogP contribution in [0.25, 0.3) is 0 Å². The van der Waals surface area contributed by atoms with Gasteiger partial charge in [-0.1, -0.05) is 72.8 Å². The molecular formula is C27H26Cl2NiP2+2. The van der Waals surface area contributed by atoms with Crippen LogP contribution in [0.3, 0.4) is 0 Å². The summed E-state index contributed by atoms with van der Waals surface area (Å²) in [5.74, 6) is 0. The van der Waals surface area contributed by atoms with Crippen LogP contribution in [0.15, 0.2) is 121 Å². The van der Waals surface area contributed by atoms with E-state index in [0.717, 1.165) is 18.7 Å². The number of hydrogen-bond acceptors (Lipinski definition) is 0. The maximum absolute atomic E-state index is 7.49. The Hall–Kier alpha value is -1.19. The number of hydrogen-bond donors (Lipinski definition) is 0. The van der Waals surface area contributed by atoms with E-state index in [-0.39, 0.29) is 16.5 Å². The Morgan fingerprint density at radius 3 is 0.844 bits per heavy atom. The fourth-order valence-corrected chi connectivity index (χ4v) is 11.7. The summed E-state index contributed by atoms with van der Waals surface area (Å²) in [6.07, 6.45) is 2.83. The molecule has 4 rings (SSSR count). The minimum absolute atomic E-state index is 0. The summed E-state index contributed by atoms with van der Waals surface area (Å²) < 4.78 is 0. The van der Waals surface area contributed by atoms with Crippen molar-refractivity contribution in [1.29, 1.82) is 0 Å². The summed E-state index contributed by atoms with van der Waals surface area (Å²) in [5, 5.41) is 4.95. The molecule has 0 saturated heterocycles. The number of halogens is 2. The topological polar surface area (TPSA) is 0 Å². The SMILES string of the molecule is Cl[P+](CCC[P+](Cl)(c1ccccc1)c1ccccc1)(c1ccccc1)c1ccccc1.[Ni]. The molecule has 166 valence electrons. The summed E-state index contributed by atoms with van der Waals surface area (Å²) in [6.45, 7) is -4.02. The molecule has 0 aliphatic carbocycles. The molecule has 0 nitrogen and oxygen atoms in total. The molecule has 0 amide bonds. The van der Waals surface area contributed by atoms with E-state index in [4.69, 9.17) is 22.5 Å². The van der Waals surface area contributed by atoms with Crippen LogP contribution in [-0.4, -0.2) is 12.3 Å². The maximum atomic E-state index is 7.49. The normalized spacial score (nSPS) is 11.6. The van der Waals surface area contributed by atoms with Crippen LogP contribution < -0.4 is 21.2 Å². The zero-order valence-electron chi connectivity index (χ0n) is 17.6. The predicted octanol–water partition coefficient (Wildman–Crippen LogP) is 7.02. The molecule has 0 radical (unpaired) electrons. The Labute approximate surface area is 212 Å². The molecule has 4 aromatic rings. The van der Waals surface area contributed by atoms with Gasteiger partial charge >= 0.3 is 0 Å². The first-order valence-corrected chi connectivity index (χ1v) is 16.3. The fraction of sp³-hybridized carbons (Fsp3) is 0.111. The van der Waals surface area contributed by atoms with Gasteiger partial charge in [-0.05, 0) is 48.5 Å². The van der Waals surface area contributed by atoms with Gasteiger partial charge in [0.25, 0.3) is 0 Å². The first-order chi connectivity index (χ1) is 15.1. The molecule has 0 fully saturated rings. The summed E-state index contributed by atoms with van der Waals surface area (Å²) in [4.78, 5) is 0. The van der Waals surface area contributed by atoms with E-state index in [1.807, 2.05) is 0 Å². The van der Waals surface area contributed by atoms with Gasteiger partial charge < -0.3 is 0 Å². The monoisotopic (exact) mass is 540 g/mol. The molecular weight excluding hydrogens is 516 g/mol. The maximum Gasteiger partial charge on any atom is 0.178 e. The summed E-state index contributed by atoms with van der Waals surface area (Å²) >= 11 is 15.0. The van der Waals surface area contributed by atoms with Crippen LogP contribution >= 0.6 is 35.7 Å². The van der Waals surface area contributed by atoms with E-state index < -0.39 is 13.2 Å². The smallest absolute Gasteiger partial charge is 0.0620 e. The summed E-state index contributed by atoms with van der Waals surface area (Å²) in [5.41, 5.74) is 0. The van der Waals surface area contributed by atoms with Crippen molar-refractivity contribution in [3.63, 3.8) is 0 Å². The Balaban J connectivity index is 0.00000289. The first-order valence-electron chi connectivity index (χ1n) is 10.5. The standard InChI is InChI=1S/C27H26Cl2P2.Ni/c28-30(24-14-5-1-6-15-24,25-16-7-2-8-17-25)22-13-23-31(29,26-18-9-3-10-19-26)27-20-11-4-12-21-27;/h1-12,14-21H,13,22-23H2;/q+2;. The van der Waals surface area contributed by atoms with E-state index in [0.29, 0.717) is 0 Å². The molecule has 0 aromatic heterocycles. The van der Waals surface area contributed by atoms with E-state index >= 15 is 0 Å². The molecule has 4 aromatic carbocycles. The molecule has 0 N–H and O–H groups in total. The van der Waals surface area contributed by atoms with Crippen LogP contribution in [0.4, 0.5) is 0 Å². The Morgan fingerprint density at radius 1 is 0.406 bits per heavy atom. The third kappa shape index (κ3) is 5.65. The quantitative estimate of drug-likeness (QED) is 0.166. The van der Waals surface area contributed by atoms with Gasteiger partial charge in [0, 0.05) is 22.9 Å². The summed E-state index contributed by atoms with van der Waals surface area (Å²) in [6, 6.07) is 42.3. The van der Waals surface area contributed by atoms with Gasteiger partial charge in [0.1, 0.15) is 21.2 Å². The van der Waals surface area contributed by atoms with Crippen LogP contribution in [0, 0.1) is 0 Å². The molecule has 0 spiro atoms. The predicted molar refractivity (Wildman–Crippen MR) is 144 cm³/mol. The van der Waals surface area contributed by atoms with Gasteiger partial charge in [-0.3, -0.25) is 0 Å².